The van der Waals surface area contributed by atoms with Gasteiger partial charge in [0.25, 0.3) is 0 Å². The minimum atomic E-state index is -0.352. The van der Waals surface area contributed by atoms with Crippen LogP contribution >= 0.6 is 31.9 Å². The number of anilines is 3. The van der Waals surface area contributed by atoms with Crippen molar-refractivity contribution < 1.29 is 4.39 Å². The SMILES string of the molecule is Cc1ccc(Nc2cc(F)c(Br)cc2N)c(Br)c1. The third-order valence-corrected chi connectivity index (χ3v) is 3.75. The van der Waals surface area contributed by atoms with Crippen LogP contribution in [0.1, 0.15) is 5.56 Å². The molecule has 0 aliphatic carbocycles. The van der Waals surface area contributed by atoms with Gasteiger partial charge < -0.3 is 11.1 Å². The Hall–Kier alpha value is -1.07. The van der Waals surface area contributed by atoms with E-state index in [4.69, 9.17) is 5.73 Å². The summed E-state index contributed by atoms with van der Waals surface area (Å²) in [7, 11) is 0. The molecular formula is C13H11Br2FN2. The highest BCUT2D eigenvalue weighted by Crippen LogP contribution is 2.32. The normalized spacial score (nSPS) is 10.4. The zero-order valence-electron chi connectivity index (χ0n) is 9.60. The Morgan fingerprint density at radius 3 is 2.44 bits per heavy atom. The van der Waals surface area contributed by atoms with Crippen LogP contribution in [0.2, 0.25) is 0 Å². The van der Waals surface area contributed by atoms with E-state index in [1.165, 1.54) is 6.07 Å². The van der Waals surface area contributed by atoms with Gasteiger partial charge in [0.1, 0.15) is 5.82 Å². The summed E-state index contributed by atoms with van der Waals surface area (Å²) in [5.41, 5.74) is 8.85. The van der Waals surface area contributed by atoms with Gasteiger partial charge in [0, 0.05) is 10.5 Å². The van der Waals surface area contributed by atoms with Crippen molar-refractivity contribution in [3.63, 3.8) is 0 Å². The maximum absolute atomic E-state index is 13.5. The summed E-state index contributed by atoms with van der Waals surface area (Å²) in [5, 5.41) is 3.10. The smallest absolute Gasteiger partial charge is 0.139 e. The molecule has 0 fully saturated rings. The average molecular weight is 374 g/mol. The van der Waals surface area contributed by atoms with Crippen molar-refractivity contribution in [2.24, 2.45) is 0 Å². The molecule has 2 rings (SSSR count). The third kappa shape index (κ3) is 2.84. The Kier molecular flexibility index (Phi) is 3.92. The topological polar surface area (TPSA) is 38.0 Å². The van der Waals surface area contributed by atoms with Crippen molar-refractivity contribution >= 4 is 48.9 Å². The van der Waals surface area contributed by atoms with Crippen molar-refractivity contribution in [3.8, 4) is 0 Å². The number of hydrogen-bond donors (Lipinski definition) is 2. The molecule has 0 saturated heterocycles. The fraction of sp³-hybridized carbons (Fsp3) is 0.0769. The molecule has 0 saturated carbocycles. The van der Waals surface area contributed by atoms with E-state index >= 15 is 0 Å². The van der Waals surface area contributed by atoms with Crippen LogP contribution < -0.4 is 11.1 Å². The number of nitrogens with two attached hydrogens (primary N) is 1. The van der Waals surface area contributed by atoms with Gasteiger partial charge in [-0.05, 0) is 62.5 Å². The number of nitrogens with one attached hydrogen (secondary N) is 1. The molecule has 94 valence electrons. The molecule has 0 amide bonds. The number of rotatable bonds is 2. The number of hydrogen-bond acceptors (Lipinski definition) is 2. The van der Waals surface area contributed by atoms with Gasteiger partial charge in [-0.1, -0.05) is 6.07 Å². The summed E-state index contributed by atoms with van der Waals surface area (Å²) < 4.78 is 14.7. The summed E-state index contributed by atoms with van der Waals surface area (Å²) in [5.74, 6) is -0.352. The fourth-order valence-electron chi connectivity index (χ4n) is 1.54. The van der Waals surface area contributed by atoms with Gasteiger partial charge in [0.2, 0.25) is 0 Å². The second-order valence-electron chi connectivity index (χ2n) is 3.96. The first kappa shape index (κ1) is 13.4. The van der Waals surface area contributed by atoms with E-state index in [1.807, 2.05) is 25.1 Å². The molecule has 5 heteroatoms. The molecule has 0 heterocycles. The Morgan fingerprint density at radius 2 is 1.78 bits per heavy atom. The van der Waals surface area contributed by atoms with E-state index in [2.05, 4.69) is 37.2 Å². The van der Waals surface area contributed by atoms with Crippen molar-refractivity contribution in [1.29, 1.82) is 0 Å². The molecule has 2 nitrogen and oxygen atoms in total. The highest BCUT2D eigenvalue weighted by atomic mass is 79.9. The minimum Gasteiger partial charge on any atom is -0.397 e. The molecule has 0 unspecified atom stereocenters. The van der Waals surface area contributed by atoms with Gasteiger partial charge in [-0.2, -0.15) is 0 Å². The van der Waals surface area contributed by atoms with Crippen LogP contribution in [0.15, 0.2) is 39.3 Å². The molecule has 0 aromatic heterocycles. The molecule has 0 atom stereocenters. The van der Waals surface area contributed by atoms with Crippen LogP contribution in [0.3, 0.4) is 0 Å². The predicted molar refractivity (Wildman–Crippen MR) is 80.7 cm³/mol. The third-order valence-electron chi connectivity index (χ3n) is 2.49. The second kappa shape index (κ2) is 5.28. The van der Waals surface area contributed by atoms with E-state index in [9.17, 15) is 4.39 Å². The molecule has 18 heavy (non-hydrogen) atoms. The fourth-order valence-corrected chi connectivity index (χ4v) is 2.49. The molecule has 0 bridgehead atoms. The highest BCUT2D eigenvalue weighted by molar-refractivity contribution is 9.10. The first-order valence-electron chi connectivity index (χ1n) is 5.25. The number of halogens is 3. The Balaban J connectivity index is 2.37. The standard InChI is InChI=1S/C13H11Br2FN2/c1-7-2-3-12(9(15)4-7)18-13-6-10(16)8(14)5-11(13)17/h2-6,18H,17H2,1H3. The van der Waals surface area contributed by atoms with Gasteiger partial charge >= 0.3 is 0 Å². The van der Waals surface area contributed by atoms with Crippen LogP contribution in [0.5, 0.6) is 0 Å². The van der Waals surface area contributed by atoms with Crippen LogP contribution in [0.25, 0.3) is 0 Å². The lowest BCUT2D eigenvalue weighted by molar-refractivity contribution is 0.622. The molecule has 2 aromatic carbocycles. The Morgan fingerprint density at radius 1 is 1.06 bits per heavy atom. The van der Waals surface area contributed by atoms with Gasteiger partial charge in [0.05, 0.1) is 21.5 Å². The van der Waals surface area contributed by atoms with Gasteiger partial charge in [-0.3, -0.25) is 0 Å². The van der Waals surface area contributed by atoms with Crippen LogP contribution in [-0.2, 0) is 0 Å². The minimum absolute atomic E-state index is 0.352. The largest absolute Gasteiger partial charge is 0.397 e. The zero-order chi connectivity index (χ0) is 13.3. The maximum Gasteiger partial charge on any atom is 0.139 e. The van der Waals surface area contributed by atoms with Gasteiger partial charge in [0.15, 0.2) is 0 Å². The van der Waals surface area contributed by atoms with E-state index < -0.39 is 0 Å². The summed E-state index contributed by atoms with van der Waals surface area (Å²) in [6.45, 7) is 2.00. The molecule has 2 aromatic rings. The predicted octanol–water partition coefficient (Wildman–Crippen LogP) is 4.98. The van der Waals surface area contributed by atoms with Gasteiger partial charge in [-0.25, -0.2) is 4.39 Å². The summed E-state index contributed by atoms with van der Waals surface area (Å²) >= 11 is 6.55. The maximum atomic E-state index is 13.5. The molecule has 0 aliphatic rings. The number of benzene rings is 2. The van der Waals surface area contributed by atoms with Gasteiger partial charge in [-0.15, -0.1) is 0 Å². The lowest BCUT2D eigenvalue weighted by Gasteiger charge is -2.12. The molecular weight excluding hydrogens is 363 g/mol. The lowest BCUT2D eigenvalue weighted by atomic mass is 10.2. The summed E-state index contributed by atoms with van der Waals surface area (Å²) in [4.78, 5) is 0. The molecule has 0 radical (unpaired) electrons. The van der Waals surface area contributed by atoms with E-state index in [0.717, 1.165) is 15.7 Å². The molecule has 0 aliphatic heterocycles. The Bertz CT molecular complexity index is 600. The summed E-state index contributed by atoms with van der Waals surface area (Å²) in [6.07, 6.45) is 0. The van der Waals surface area contributed by atoms with Crippen LogP contribution in [0.4, 0.5) is 21.5 Å². The zero-order valence-corrected chi connectivity index (χ0v) is 12.8. The molecule has 3 N–H and O–H groups in total. The molecule has 0 spiro atoms. The quantitative estimate of drug-likeness (QED) is 0.728. The monoisotopic (exact) mass is 372 g/mol. The van der Waals surface area contributed by atoms with Crippen molar-refractivity contribution in [3.05, 3.63) is 50.7 Å². The summed E-state index contributed by atoms with van der Waals surface area (Å²) in [6, 6.07) is 8.77. The van der Waals surface area contributed by atoms with Crippen LogP contribution in [-0.4, -0.2) is 0 Å². The number of aryl methyl sites for hydroxylation is 1. The lowest BCUT2D eigenvalue weighted by Crippen LogP contribution is -1.98. The van der Waals surface area contributed by atoms with E-state index in [1.54, 1.807) is 6.07 Å². The Labute approximate surface area is 122 Å². The van der Waals surface area contributed by atoms with Crippen molar-refractivity contribution in [1.82, 2.24) is 0 Å². The van der Waals surface area contributed by atoms with E-state index in [0.29, 0.717) is 15.8 Å². The van der Waals surface area contributed by atoms with E-state index in [-0.39, 0.29) is 5.82 Å². The first-order valence-corrected chi connectivity index (χ1v) is 6.83. The average Bonchev–Trinajstić information content (AvgIpc) is 2.29. The van der Waals surface area contributed by atoms with Crippen molar-refractivity contribution in [2.45, 2.75) is 6.92 Å². The highest BCUT2D eigenvalue weighted by Gasteiger charge is 2.08. The number of nitrogen functional groups attached to an aromatic ring is 1. The first-order chi connectivity index (χ1) is 8.47. The van der Waals surface area contributed by atoms with Crippen molar-refractivity contribution in [2.75, 3.05) is 11.1 Å². The van der Waals surface area contributed by atoms with Crippen LogP contribution in [0, 0.1) is 12.7 Å². The second-order valence-corrected chi connectivity index (χ2v) is 5.67.